The molecule has 0 fully saturated rings. The monoisotopic (exact) mass is 523 g/mol. The quantitative estimate of drug-likeness (QED) is 0.283. The van der Waals surface area contributed by atoms with Crippen LogP contribution in [-0.4, -0.2) is 41.0 Å². The Bertz CT molecular complexity index is 1510. The zero-order chi connectivity index (χ0) is 26.2. The van der Waals surface area contributed by atoms with Gasteiger partial charge in [0.25, 0.3) is 0 Å². The molecule has 1 aromatic heterocycles. The Kier molecular flexibility index (Phi) is 6.64. The zero-order valence-corrected chi connectivity index (χ0v) is 22.3. The molecule has 6 nitrogen and oxygen atoms in total. The normalized spacial score (nSPS) is 14.7. The number of ether oxygens (including phenoxy) is 1. The second kappa shape index (κ2) is 10.2. The second-order valence-corrected chi connectivity index (χ2v) is 11.0. The Morgan fingerprint density at radius 2 is 1.61 bits per heavy atom. The second-order valence-electron chi connectivity index (χ2n) is 9.90. The van der Waals surface area contributed by atoms with Gasteiger partial charge in [-0.15, -0.1) is 0 Å². The van der Waals surface area contributed by atoms with Crippen molar-refractivity contribution in [3.8, 4) is 0 Å². The predicted octanol–water partition coefficient (Wildman–Crippen LogP) is 6.38. The number of fused-ring (bicyclic) bond motifs is 4. The average molecular weight is 524 g/mol. The lowest BCUT2D eigenvalue weighted by molar-refractivity contribution is -0.118. The first kappa shape index (κ1) is 24.6. The summed E-state index contributed by atoms with van der Waals surface area (Å²) < 4.78 is 5.80. The molecule has 0 saturated carbocycles. The van der Waals surface area contributed by atoms with Crippen LogP contribution >= 0.6 is 11.8 Å². The fraction of sp³-hybridized carbons (Fsp3) is 0.258. The molecule has 0 radical (unpaired) electrons. The van der Waals surface area contributed by atoms with Crippen molar-refractivity contribution in [1.29, 1.82) is 0 Å². The van der Waals surface area contributed by atoms with E-state index in [-0.39, 0.29) is 18.9 Å². The van der Waals surface area contributed by atoms with E-state index in [2.05, 4.69) is 18.7 Å². The molecule has 0 saturated heterocycles. The molecular weight excluding hydrogens is 494 g/mol. The standard InChI is InChI=1S/C31H29N3O3S/c1-20(2)33-17-15-24-22(19-33)30(21-9-3-4-10-23(21)32-24)31(36)37-18-16-29(35)34-25-11-5-7-13-27(25)38-28-14-8-6-12-26(28)34/h3-14,20H,15-19H2,1-2H3. The van der Waals surface area contributed by atoms with Gasteiger partial charge in [-0.2, -0.15) is 0 Å². The van der Waals surface area contributed by atoms with Gasteiger partial charge in [0.2, 0.25) is 5.91 Å². The highest BCUT2D eigenvalue weighted by Crippen LogP contribution is 2.48. The topological polar surface area (TPSA) is 62.7 Å². The van der Waals surface area contributed by atoms with E-state index in [0.29, 0.717) is 18.2 Å². The summed E-state index contributed by atoms with van der Waals surface area (Å²) in [5, 5.41) is 0.795. The number of esters is 1. The van der Waals surface area contributed by atoms with E-state index >= 15 is 0 Å². The van der Waals surface area contributed by atoms with Crippen LogP contribution in [-0.2, 0) is 22.5 Å². The average Bonchev–Trinajstić information content (AvgIpc) is 2.94. The number of amides is 1. The van der Waals surface area contributed by atoms with Gasteiger partial charge in [-0.1, -0.05) is 54.2 Å². The molecule has 0 spiro atoms. The lowest BCUT2D eigenvalue weighted by atomic mass is 9.95. The molecule has 0 unspecified atom stereocenters. The van der Waals surface area contributed by atoms with Crippen LogP contribution in [0.3, 0.4) is 0 Å². The Morgan fingerprint density at radius 1 is 0.947 bits per heavy atom. The number of anilines is 2. The smallest absolute Gasteiger partial charge is 0.339 e. The first-order valence-corrected chi connectivity index (χ1v) is 13.8. The summed E-state index contributed by atoms with van der Waals surface area (Å²) in [5.74, 6) is -0.501. The minimum Gasteiger partial charge on any atom is -0.462 e. The Labute approximate surface area is 226 Å². The van der Waals surface area contributed by atoms with Gasteiger partial charge >= 0.3 is 5.97 Å². The van der Waals surface area contributed by atoms with Crippen molar-refractivity contribution < 1.29 is 14.3 Å². The third-order valence-corrected chi connectivity index (χ3v) is 8.37. The van der Waals surface area contributed by atoms with Gasteiger partial charge in [0, 0.05) is 52.0 Å². The minimum atomic E-state index is -0.395. The predicted molar refractivity (Wildman–Crippen MR) is 150 cm³/mol. The van der Waals surface area contributed by atoms with Crippen LogP contribution < -0.4 is 4.90 Å². The van der Waals surface area contributed by atoms with Crippen molar-refractivity contribution in [2.75, 3.05) is 18.1 Å². The number of hydrogen-bond donors (Lipinski definition) is 0. The first-order valence-electron chi connectivity index (χ1n) is 13.0. The van der Waals surface area contributed by atoms with Gasteiger partial charge in [0.1, 0.15) is 6.61 Å². The van der Waals surface area contributed by atoms with E-state index < -0.39 is 5.97 Å². The maximum absolute atomic E-state index is 13.6. The Morgan fingerprint density at radius 3 is 2.32 bits per heavy atom. The van der Waals surface area contributed by atoms with Crippen LogP contribution in [0.1, 0.15) is 41.9 Å². The van der Waals surface area contributed by atoms with E-state index in [4.69, 9.17) is 9.72 Å². The van der Waals surface area contributed by atoms with E-state index in [1.165, 1.54) is 0 Å². The largest absolute Gasteiger partial charge is 0.462 e. The number of nitrogens with zero attached hydrogens (tertiary/aromatic N) is 3. The summed E-state index contributed by atoms with van der Waals surface area (Å²) in [5.41, 5.74) is 4.99. The van der Waals surface area contributed by atoms with Crippen molar-refractivity contribution in [3.63, 3.8) is 0 Å². The van der Waals surface area contributed by atoms with Gasteiger partial charge < -0.3 is 4.74 Å². The summed E-state index contributed by atoms with van der Waals surface area (Å²) in [4.78, 5) is 38.1. The molecule has 0 N–H and O–H groups in total. The molecule has 0 atom stereocenters. The number of rotatable bonds is 5. The molecule has 192 valence electrons. The zero-order valence-electron chi connectivity index (χ0n) is 21.5. The molecule has 2 aliphatic rings. The van der Waals surface area contributed by atoms with E-state index in [9.17, 15) is 9.59 Å². The molecule has 7 heteroatoms. The number of carbonyl (C=O) groups is 2. The molecule has 2 aliphatic heterocycles. The number of carbonyl (C=O) groups excluding carboxylic acids is 2. The highest BCUT2D eigenvalue weighted by atomic mass is 32.2. The molecule has 0 bridgehead atoms. The van der Waals surface area contributed by atoms with Crippen molar-refractivity contribution in [2.24, 2.45) is 0 Å². The third kappa shape index (κ3) is 4.46. The number of hydrogen-bond acceptors (Lipinski definition) is 6. The van der Waals surface area contributed by atoms with E-state index in [1.54, 1.807) is 16.7 Å². The molecule has 3 aromatic carbocycles. The van der Waals surface area contributed by atoms with Gasteiger partial charge in [-0.05, 0) is 44.2 Å². The fourth-order valence-corrected chi connectivity index (χ4v) is 6.33. The first-order chi connectivity index (χ1) is 18.5. The number of para-hydroxylation sites is 3. The van der Waals surface area contributed by atoms with E-state index in [0.717, 1.165) is 56.3 Å². The van der Waals surface area contributed by atoms with Gasteiger partial charge in [-0.3, -0.25) is 19.6 Å². The molecule has 6 rings (SSSR count). The van der Waals surface area contributed by atoms with Gasteiger partial charge in [0.05, 0.1) is 28.9 Å². The highest BCUT2D eigenvalue weighted by molar-refractivity contribution is 7.99. The van der Waals surface area contributed by atoms with Crippen molar-refractivity contribution in [3.05, 3.63) is 89.6 Å². The summed E-state index contributed by atoms with van der Waals surface area (Å²) in [7, 11) is 0. The van der Waals surface area contributed by atoms with Crippen molar-refractivity contribution in [1.82, 2.24) is 9.88 Å². The summed E-state index contributed by atoms with van der Waals surface area (Å²) in [6.45, 7) is 5.91. The maximum Gasteiger partial charge on any atom is 0.339 e. The molecule has 1 amide bonds. The van der Waals surface area contributed by atoms with Crippen LogP contribution in [0.5, 0.6) is 0 Å². The van der Waals surface area contributed by atoms with Crippen LogP contribution in [0.15, 0.2) is 82.6 Å². The van der Waals surface area contributed by atoms with Gasteiger partial charge in [0.15, 0.2) is 0 Å². The lowest BCUT2D eigenvalue weighted by Gasteiger charge is -2.32. The maximum atomic E-state index is 13.6. The van der Waals surface area contributed by atoms with Crippen molar-refractivity contribution in [2.45, 2.75) is 49.1 Å². The van der Waals surface area contributed by atoms with Gasteiger partial charge in [-0.25, -0.2) is 4.79 Å². The van der Waals surface area contributed by atoms with Crippen molar-refractivity contribution >= 4 is 45.9 Å². The molecule has 38 heavy (non-hydrogen) atoms. The highest BCUT2D eigenvalue weighted by Gasteiger charge is 2.30. The number of benzene rings is 3. The number of pyridine rings is 1. The number of aromatic nitrogens is 1. The Balaban J connectivity index is 1.25. The lowest BCUT2D eigenvalue weighted by Crippen LogP contribution is -2.37. The fourth-order valence-electron chi connectivity index (χ4n) is 5.27. The summed E-state index contributed by atoms with van der Waals surface area (Å²) >= 11 is 1.66. The minimum absolute atomic E-state index is 0.00492. The van der Waals surface area contributed by atoms with Crippen LogP contribution in [0, 0.1) is 0 Å². The Hall–Kier alpha value is -3.68. The molecule has 3 heterocycles. The van der Waals surface area contributed by atoms with E-state index in [1.807, 2.05) is 72.8 Å². The van der Waals surface area contributed by atoms with Crippen LogP contribution in [0.4, 0.5) is 11.4 Å². The van der Waals surface area contributed by atoms with Crippen LogP contribution in [0.2, 0.25) is 0 Å². The third-order valence-electron chi connectivity index (χ3n) is 7.24. The van der Waals surface area contributed by atoms with Crippen LogP contribution in [0.25, 0.3) is 10.9 Å². The molecular formula is C31H29N3O3S. The molecule has 0 aliphatic carbocycles. The summed E-state index contributed by atoms with van der Waals surface area (Å²) in [6, 6.07) is 23.9. The molecule has 4 aromatic rings. The SMILES string of the molecule is CC(C)N1CCc2nc3ccccc3c(C(=O)OCCC(=O)N3c4ccccc4Sc4ccccc43)c2C1. The summed E-state index contributed by atoms with van der Waals surface area (Å²) in [6.07, 6.45) is 0.880.